The molecule has 146 valence electrons. The third-order valence-electron chi connectivity index (χ3n) is 4.11. The van der Waals surface area contributed by atoms with Crippen molar-refractivity contribution < 1.29 is 27.4 Å². The normalized spacial score (nSPS) is 11.3. The third-order valence-corrected chi connectivity index (χ3v) is 4.11. The van der Waals surface area contributed by atoms with Gasteiger partial charge in [-0.2, -0.15) is 13.2 Å². The molecule has 0 saturated carbocycles. The van der Waals surface area contributed by atoms with Gasteiger partial charge in [-0.15, -0.1) is 0 Å². The van der Waals surface area contributed by atoms with Crippen molar-refractivity contribution in [3.8, 4) is 11.5 Å². The Kier molecular flexibility index (Phi) is 5.00. The minimum Gasteiger partial charge on any atom is -0.497 e. The molecule has 3 rings (SSSR count). The van der Waals surface area contributed by atoms with Crippen molar-refractivity contribution in [1.82, 2.24) is 4.98 Å². The molecule has 3 aromatic rings. The van der Waals surface area contributed by atoms with E-state index >= 15 is 0 Å². The van der Waals surface area contributed by atoms with E-state index in [9.17, 15) is 22.8 Å². The van der Waals surface area contributed by atoms with E-state index in [1.165, 1.54) is 14.2 Å². The summed E-state index contributed by atoms with van der Waals surface area (Å²) >= 11 is 0. The number of hydrogen-bond acceptors (Lipinski definition) is 4. The van der Waals surface area contributed by atoms with E-state index in [1.807, 2.05) is 0 Å². The maximum absolute atomic E-state index is 12.8. The number of pyridine rings is 1. The quantitative estimate of drug-likeness (QED) is 0.708. The molecule has 0 aliphatic carbocycles. The van der Waals surface area contributed by atoms with Crippen LogP contribution >= 0.6 is 0 Å². The van der Waals surface area contributed by atoms with E-state index in [1.54, 1.807) is 18.2 Å². The molecule has 1 heterocycles. The first-order valence-electron chi connectivity index (χ1n) is 8.00. The van der Waals surface area contributed by atoms with Crippen LogP contribution < -0.4 is 20.2 Å². The SMILES string of the molecule is COc1ccc(NC(=O)c2c[nH]c3cc(C(F)(F)F)ccc3c2=O)c(OC)c1. The topological polar surface area (TPSA) is 80.4 Å². The van der Waals surface area contributed by atoms with Gasteiger partial charge in [-0.05, 0) is 30.3 Å². The number of aromatic amines is 1. The monoisotopic (exact) mass is 392 g/mol. The number of halogens is 3. The van der Waals surface area contributed by atoms with Gasteiger partial charge in [-0.1, -0.05) is 0 Å². The summed E-state index contributed by atoms with van der Waals surface area (Å²) in [6.45, 7) is 0. The van der Waals surface area contributed by atoms with Crippen LogP contribution in [0.2, 0.25) is 0 Å². The van der Waals surface area contributed by atoms with Gasteiger partial charge in [0.1, 0.15) is 17.1 Å². The Labute approximate surface area is 156 Å². The van der Waals surface area contributed by atoms with Crippen molar-refractivity contribution in [1.29, 1.82) is 0 Å². The Balaban J connectivity index is 1.97. The average molecular weight is 392 g/mol. The number of H-pyrrole nitrogens is 1. The highest BCUT2D eigenvalue weighted by atomic mass is 19.4. The lowest BCUT2D eigenvalue weighted by Gasteiger charge is -2.12. The van der Waals surface area contributed by atoms with Gasteiger partial charge in [0, 0.05) is 23.2 Å². The predicted molar refractivity (Wildman–Crippen MR) is 97.1 cm³/mol. The zero-order valence-electron chi connectivity index (χ0n) is 14.8. The maximum Gasteiger partial charge on any atom is 0.416 e. The molecule has 28 heavy (non-hydrogen) atoms. The Hall–Kier alpha value is -3.49. The van der Waals surface area contributed by atoms with E-state index in [4.69, 9.17) is 9.47 Å². The molecule has 0 aliphatic heterocycles. The van der Waals surface area contributed by atoms with E-state index < -0.39 is 23.1 Å². The second kappa shape index (κ2) is 7.26. The summed E-state index contributed by atoms with van der Waals surface area (Å²) in [7, 11) is 2.89. The van der Waals surface area contributed by atoms with Crippen molar-refractivity contribution in [3.63, 3.8) is 0 Å². The van der Waals surface area contributed by atoms with Crippen molar-refractivity contribution in [2.24, 2.45) is 0 Å². The number of alkyl halides is 3. The largest absolute Gasteiger partial charge is 0.497 e. The number of anilines is 1. The fourth-order valence-corrected chi connectivity index (χ4v) is 2.66. The number of aromatic nitrogens is 1. The van der Waals surface area contributed by atoms with Crippen LogP contribution in [-0.4, -0.2) is 25.1 Å². The predicted octanol–water partition coefficient (Wildman–Crippen LogP) is 3.82. The molecule has 0 spiro atoms. The van der Waals surface area contributed by atoms with Gasteiger partial charge in [0.05, 0.1) is 25.5 Å². The van der Waals surface area contributed by atoms with Gasteiger partial charge in [-0.3, -0.25) is 9.59 Å². The molecular formula is C19H15F3N2O4. The first-order valence-corrected chi connectivity index (χ1v) is 8.00. The Morgan fingerprint density at radius 2 is 1.82 bits per heavy atom. The fourth-order valence-electron chi connectivity index (χ4n) is 2.66. The summed E-state index contributed by atoms with van der Waals surface area (Å²) in [5.41, 5.74) is -1.54. The number of ether oxygens (including phenoxy) is 2. The minimum absolute atomic E-state index is 0.0154. The number of carbonyl (C=O) groups is 1. The number of fused-ring (bicyclic) bond motifs is 1. The maximum atomic E-state index is 12.8. The third kappa shape index (κ3) is 3.64. The lowest BCUT2D eigenvalue weighted by molar-refractivity contribution is -0.137. The molecule has 0 fully saturated rings. The van der Waals surface area contributed by atoms with Gasteiger partial charge in [0.15, 0.2) is 0 Å². The van der Waals surface area contributed by atoms with Gasteiger partial charge in [0.2, 0.25) is 5.43 Å². The van der Waals surface area contributed by atoms with Crippen LogP contribution in [0.3, 0.4) is 0 Å². The van der Waals surface area contributed by atoms with Crippen molar-refractivity contribution in [3.05, 3.63) is 63.9 Å². The van der Waals surface area contributed by atoms with E-state index in [0.717, 1.165) is 24.4 Å². The van der Waals surface area contributed by atoms with Crippen LogP contribution in [0.5, 0.6) is 11.5 Å². The first-order chi connectivity index (χ1) is 13.2. The molecule has 1 aromatic heterocycles. The van der Waals surface area contributed by atoms with Crippen LogP contribution in [0, 0.1) is 0 Å². The summed E-state index contributed by atoms with van der Waals surface area (Å²) in [6.07, 6.45) is -3.46. The van der Waals surface area contributed by atoms with Crippen molar-refractivity contribution in [2.75, 3.05) is 19.5 Å². The number of rotatable bonds is 4. The van der Waals surface area contributed by atoms with Crippen LogP contribution in [0.4, 0.5) is 18.9 Å². The number of methoxy groups -OCH3 is 2. The van der Waals surface area contributed by atoms with Crippen LogP contribution in [-0.2, 0) is 6.18 Å². The summed E-state index contributed by atoms with van der Waals surface area (Å²) in [5.74, 6) is 0.102. The lowest BCUT2D eigenvalue weighted by Crippen LogP contribution is -2.22. The molecule has 0 unspecified atom stereocenters. The average Bonchev–Trinajstić information content (AvgIpc) is 2.67. The summed E-state index contributed by atoms with van der Waals surface area (Å²) in [4.78, 5) is 27.7. The second-order valence-corrected chi connectivity index (χ2v) is 5.81. The first kappa shape index (κ1) is 19.3. The van der Waals surface area contributed by atoms with E-state index in [2.05, 4.69) is 10.3 Å². The number of nitrogens with one attached hydrogen (secondary N) is 2. The van der Waals surface area contributed by atoms with Crippen molar-refractivity contribution >= 4 is 22.5 Å². The smallest absolute Gasteiger partial charge is 0.416 e. The van der Waals surface area contributed by atoms with E-state index in [-0.39, 0.29) is 16.5 Å². The molecule has 0 bridgehead atoms. The standard InChI is InChI=1S/C19H15F3N2O4/c1-27-11-4-6-14(16(8-11)28-2)24-18(26)13-9-23-15-7-10(19(20,21)22)3-5-12(15)17(13)25/h3-9H,1-2H3,(H,23,25)(H,24,26). The lowest BCUT2D eigenvalue weighted by atomic mass is 10.1. The van der Waals surface area contributed by atoms with Gasteiger partial charge in [0.25, 0.3) is 5.91 Å². The molecule has 0 aliphatic rings. The molecular weight excluding hydrogens is 377 g/mol. The second-order valence-electron chi connectivity index (χ2n) is 5.81. The highest BCUT2D eigenvalue weighted by molar-refractivity contribution is 6.06. The van der Waals surface area contributed by atoms with Crippen molar-refractivity contribution in [2.45, 2.75) is 6.18 Å². The number of benzene rings is 2. The van der Waals surface area contributed by atoms with Gasteiger partial charge >= 0.3 is 6.18 Å². The van der Waals surface area contributed by atoms with Crippen LogP contribution in [0.1, 0.15) is 15.9 Å². The highest BCUT2D eigenvalue weighted by Gasteiger charge is 2.30. The molecule has 0 saturated heterocycles. The Morgan fingerprint density at radius 1 is 1.07 bits per heavy atom. The van der Waals surface area contributed by atoms with Gasteiger partial charge in [-0.25, -0.2) is 0 Å². The summed E-state index contributed by atoms with van der Waals surface area (Å²) in [6, 6.07) is 7.36. The van der Waals surface area contributed by atoms with E-state index in [0.29, 0.717) is 17.2 Å². The molecule has 6 nitrogen and oxygen atoms in total. The molecule has 0 atom stereocenters. The zero-order chi connectivity index (χ0) is 20.5. The number of carbonyl (C=O) groups excluding carboxylic acids is 1. The molecule has 0 radical (unpaired) electrons. The molecule has 9 heteroatoms. The molecule has 2 N–H and O–H groups in total. The fraction of sp³-hybridized carbons (Fsp3) is 0.158. The number of hydrogen-bond donors (Lipinski definition) is 2. The Bertz CT molecular complexity index is 1110. The van der Waals surface area contributed by atoms with Crippen LogP contribution in [0.25, 0.3) is 10.9 Å². The molecule has 1 amide bonds. The summed E-state index contributed by atoms with van der Waals surface area (Å²) in [5, 5.41) is 2.53. The van der Waals surface area contributed by atoms with Gasteiger partial charge < -0.3 is 19.8 Å². The summed E-state index contributed by atoms with van der Waals surface area (Å²) < 4.78 is 48.7. The number of amides is 1. The highest BCUT2D eigenvalue weighted by Crippen LogP contribution is 2.31. The Morgan fingerprint density at radius 3 is 2.46 bits per heavy atom. The minimum atomic E-state index is -4.54. The molecule has 2 aromatic carbocycles. The zero-order valence-corrected chi connectivity index (χ0v) is 14.8. The van der Waals surface area contributed by atoms with Crippen LogP contribution in [0.15, 0.2) is 47.4 Å².